The molecule has 6 nitrogen and oxygen atoms in total. The van der Waals surface area contributed by atoms with Crippen LogP contribution >= 0.6 is 0 Å². The van der Waals surface area contributed by atoms with Crippen LogP contribution in [0, 0.1) is 0 Å². The van der Waals surface area contributed by atoms with Gasteiger partial charge in [-0.3, -0.25) is 4.79 Å². The van der Waals surface area contributed by atoms with Gasteiger partial charge in [-0.2, -0.15) is 12.7 Å². The molecule has 0 aliphatic carbocycles. The Bertz CT molecular complexity index is 235. The molecule has 0 saturated carbocycles. The number of rotatable bonds is 4. The zero-order valence-electron chi connectivity index (χ0n) is 6.15. The first kappa shape index (κ1) is 10.3. The third-order valence-electron chi connectivity index (χ3n) is 1.11. The number of carbonyl (C=O) groups excluding carboxylic acids is 1. The highest BCUT2D eigenvalue weighted by molar-refractivity contribution is 7.86. The zero-order chi connectivity index (χ0) is 9.07. The molecular weight excluding hydrogens is 170 g/mol. The maximum atomic E-state index is 10.5. The number of hydrogen-bond donors (Lipinski definition) is 2. The van der Waals surface area contributed by atoms with Gasteiger partial charge >= 0.3 is 0 Å². The van der Waals surface area contributed by atoms with Gasteiger partial charge in [0.15, 0.2) is 0 Å². The van der Waals surface area contributed by atoms with E-state index < -0.39 is 16.1 Å². The van der Waals surface area contributed by atoms with Gasteiger partial charge in [0.05, 0.1) is 0 Å². The van der Waals surface area contributed by atoms with Crippen molar-refractivity contribution >= 4 is 16.1 Å². The molecule has 0 aliphatic rings. The van der Waals surface area contributed by atoms with Crippen molar-refractivity contribution in [1.82, 2.24) is 4.31 Å². The van der Waals surface area contributed by atoms with Crippen LogP contribution in [0.5, 0.6) is 0 Å². The third-order valence-corrected chi connectivity index (χ3v) is 2.16. The summed E-state index contributed by atoms with van der Waals surface area (Å²) in [6, 6.07) is 0. The molecule has 0 saturated heterocycles. The first-order valence-corrected chi connectivity index (χ1v) is 4.36. The predicted octanol–water partition coefficient (Wildman–Crippen LogP) is -2.00. The lowest BCUT2D eigenvalue weighted by molar-refractivity contribution is -0.118. The molecule has 0 heterocycles. The van der Waals surface area contributed by atoms with Gasteiger partial charge in [0.25, 0.3) is 10.2 Å². The fourth-order valence-corrected chi connectivity index (χ4v) is 0.741. The molecule has 0 aromatic rings. The van der Waals surface area contributed by atoms with Crippen LogP contribution in [0.2, 0.25) is 0 Å². The van der Waals surface area contributed by atoms with Gasteiger partial charge in [0.1, 0.15) is 0 Å². The number of nitrogens with two attached hydrogens (primary N) is 2. The zero-order valence-corrected chi connectivity index (χ0v) is 6.97. The summed E-state index contributed by atoms with van der Waals surface area (Å²) < 4.78 is 21.8. The average Bonchev–Trinajstić information content (AvgIpc) is 1.80. The van der Waals surface area contributed by atoms with E-state index in [1.807, 2.05) is 0 Å². The van der Waals surface area contributed by atoms with Crippen molar-refractivity contribution in [3.05, 3.63) is 0 Å². The molecular formula is C4H11N3O3S. The second-order valence-electron chi connectivity index (χ2n) is 2.08. The van der Waals surface area contributed by atoms with Crippen molar-refractivity contribution < 1.29 is 13.2 Å². The van der Waals surface area contributed by atoms with Crippen LogP contribution in [0.15, 0.2) is 0 Å². The lowest BCUT2D eigenvalue weighted by atomic mass is 10.4. The van der Waals surface area contributed by atoms with Crippen molar-refractivity contribution in [3.8, 4) is 0 Å². The fourth-order valence-electron chi connectivity index (χ4n) is 0.395. The summed E-state index contributed by atoms with van der Waals surface area (Å²) in [6.45, 7) is 0.0220. The number of primary amides is 1. The third kappa shape index (κ3) is 4.71. The Morgan fingerprint density at radius 3 is 2.27 bits per heavy atom. The number of amides is 1. The smallest absolute Gasteiger partial charge is 0.276 e. The van der Waals surface area contributed by atoms with Crippen LogP contribution in [-0.4, -0.2) is 32.2 Å². The highest BCUT2D eigenvalue weighted by atomic mass is 32.2. The first-order valence-electron chi connectivity index (χ1n) is 2.86. The summed E-state index contributed by atoms with van der Waals surface area (Å²) in [7, 11) is -2.40. The quantitative estimate of drug-likeness (QED) is 0.523. The van der Waals surface area contributed by atoms with E-state index in [9.17, 15) is 13.2 Å². The molecule has 0 unspecified atom stereocenters. The van der Waals surface area contributed by atoms with E-state index in [4.69, 9.17) is 10.9 Å². The second kappa shape index (κ2) is 3.65. The van der Waals surface area contributed by atoms with E-state index in [-0.39, 0.29) is 13.0 Å². The molecule has 7 heteroatoms. The molecule has 1 amide bonds. The van der Waals surface area contributed by atoms with E-state index in [0.29, 0.717) is 0 Å². The van der Waals surface area contributed by atoms with Crippen LogP contribution in [0.4, 0.5) is 0 Å². The van der Waals surface area contributed by atoms with Gasteiger partial charge in [-0.05, 0) is 0 Å². The molecule has 11 heavy (non-hydrogen) atoms. The van der Waals surface area contributed by atoms with Gasteiger partial charge < -0.3 is 5.73 Å². The minimum absolute atomic E-state index is 0.0209. The average molecular weight is 181 g/mol. The predicted molar refractivity (Wildman–Crippen MR) is 39.5 cm³/mol. The Kier molecular flexibility index (Phi) is 3.43. The molecule has 0 fully saturated rings. The summed E-state index contributed by atoms with van der Waals surface area (Å²) in [4.78, 5) is 10.2. The van der Waals surface area contributed by atoms with E-state index in [2.05, 4.69) is 0 Å². The van der Waals surface area contributed by atoms with Gasteiger partial charge in [0.2, 0.25) is 5.91 Å². The molecule has 0 aromatic carbocycles. The van der Waals surface area contributed by atoms with Crippen LogP contribution in [0.25, 0.3) is 0 Å². The second-order valence-corrected chi connectivity index (χ2v) is 3.74. The molecule has 0 spiro atoms. The van der Waals surface area contributed by atoms with Crippen molar-refractivity contribution in [2.24, 2.45) is 10.9 Å². The normalized spacial score (nSPS) is 11.9. The van der Waals surface area contributed by atoms with E-state index >= 15 is 0 Å². The van der Waals surface area contributed by atoms with Crippen molar-refractivity contribution in [2.45, 2.75) is 6.42 Å². The topological polar surface area (TPSA) is 106 Å². The van der Waals surface area contributed by atoms with Crippen molar-refractivity contribution in [3.63, 3.8) is 0 Å². The van der Waals surface area contributed by atoms with Gasteiger partial charge in [0, 0.05) is 20.0 Å². The van der Waals surface area contributed by atoms with E-state index in [1.54, 1.807) is 0 Å². The van der Waals surface area contributed by atoms with Gasteiger partial charge in [-0.25, -0.2) is 5.14 Å². The Balaban J connectivity index is 3.90. The van der Waals surface area contributed by atoms with E-state index in [1.165, 1.54) is 7.05 Å². The largest absolute Gasteiger partial charge is 0.370 e. The molecule has 4 N–H and O–H groups in total. The van der Waals surface area contributed by atoms with Crippen LogP contribution in [0.1, 0.15) is 6.42 Å². The molecule has 0 atom stereocenters. The monoisotopic (exact) mass is 181 g/mol. The summed E-state index contributed by atoms with van der Waals surface area (Å²) in [6.07, 6.45) is -0.0209. The maximum absolute atomic E-state index is 10.5. The summed E-state index contributed by atoms with van der Waals surface area (Å²) in [5.41, 5.74) is 4.78. The standard InChI is InChI=1S/C4H11N3O3S/c1-7(11(6,9)10)3-2-4(5)8/h2-3H2,1H3,(H2,5,8)(H2,6,9,10). The molecule has 0 radical (unpaired) electrons. The summed E-state index contributed by atoms with van der Waals surface area (Å²) in [5, 5.41) is 4.71. The number of nitrogens with zero attached hydrogens (tertiary/aromatic N) is 1. The number of hydrogen-bond acceptors (Lipinski definition) is 3. The lowest BCUT2D eigenvalue weighted by Gasteiger charge is -2.11. The molecule has 0 aromatic heterocycles. The Morgan fingerprint density at radius 1 is 1.55 bits per heavy atom. The lowest BCUT2D eigenvalue weighted by Crippen LogP contribution is -2.35. The summed E-state index contributed by atoms with van der Waals surface area (Å²) in [5.74, 6) is -0.555. The number of carbonyl (C=O) groups is 1. The maximum Gasteiger partial charge on any atom is 0.276 e. The fraction of sp³-hybridized carbons (Fsp3) is 0.750. The first-order chi connectivity index (χ1) is 4.84. The minimum Gasteiger partial charge on any atom is -0.370 e. The Morgan fingerprint density at radius 2 is 2.00 bits per heavy atom. The minimum atomic E-state index is -3.67. The van der Waals surface area contributed by atoms with Crippen LogP contribution in [-0.2, 0) is 15.0 Å². The van der Waals surface area contributed by atoms with Crippen molar-refractivity contribution in [2.75, 3.05) is 13.6 Å². The highest BCUT2D eigenvalue weighted by Crippen LogP contribution is 1.90. The van der Waals surface area contributed by atoms with Crippen LogP contribution in [0.3, 0.4) is 0 Å². The highest BCUT2D eigenvalue weighted by Gasteiger charge is 2.11. The summed E-state index contributed by atoms with van der Waals surface area (Å²) >= 11 is 0. The molecule has 66 valence electrons. The van der Waals surface area contributed by atoms with Gasteiger partial charge in [-0.1, -0.05) is 0 Å². The molecule has 0 aliphatic heterocycles. The SMILES string of the molecule is CN(CCC(N)=O)S(N)(=O)=O. The van der Waals surface area contributed by atoms with Gasteiger partial charge in [-0.15, -0.1) is 0 Å². The molecule has 0 rings (SSSR count). The Labute approximate surface area is 65.3 Å². The Hall–Kier alpha value is -0.660. The van der Waals surface area contributed by atoms with Crippen molar-refractivity contribution in [1.29, 1.82) is 0 Å². The van der Waals surface area contributed by atoms with E-state index in [0.717, 1.165) is 4.31 Å². The molecule has 0 bridgehead atoms. The van der Waals surface area contributed by atoms with Crippen LogP contribution < -0.4 is 10.9 Å².